The first kappa shape index (κ1) is 22.2. The van der Waals surface area contributed by atoms with Gasteiger partial charge in [-0.3, -0.25) is 14.5 Å². The minimum Gasteiger partial charge on any atom is -0.379 e. The Morgan fingerprint density at radius 3 is 2.59 bits per heavy atom. The highest BCUT2D eigenvalue weighted by molar-refractivity contribution is 5.84. The monoisotopic (exact) mass is 438 g/mol. The van der Waals surface area contributed by atoms with Crippen molar-refractivity contribution in [2.75, 3.05) is 39.4 Å². The van der Waals surface area contributed by atoms with E-state index in [2.05, 4.69) is 20.4 Å². The predicted molar refractivity (Wildman–Crippen MR) is 122 cm³/mol. The Labute approximate surface area is 187 Å². The van der Waals surface area contributed by atoms with E-state index in [0.717, 1.165) is 56.0 Å². The van der Waals surface area contributed by atoms with Crippen LogP contribution in [0, 0.1) is 13.8 Å². The van der Waals surface area contributed by atoms with Gasteiger partial charge in [0.15, 0.2) is 5.52 Å². The molecule has 9 heteroatoms. The second-order valence-corrected chi connectivity index (χ2v) is 8.17. The van der Waals surface area contributed by atoms with E-state index >= 15 is 0 Å². The van der Waals surface area contributed by atoms with E-state index in [1.807, 2.05) is 44.2 Å². The van der Waals surface area contributed by atoms with Crippen molar-refractivity contribution in [3.05, 3.63) is 52.1 Å². The number of carbonyl (C=O) groups excluding carboxylic acids is 1. The SMILES string of the molecule is Cc1nn([C@H](C)C(=O)NCCCN2CCOCC2)c(=O)c2nn(-c3ccccc3)c(C)c12. The minimum absolute atomic E-state index is 0.223. The van der Waals surface area contributed by atoms with E-state index in [1.165, 1.54) is 4.68 Å². The number of aromatic nitrogens is 4. The first-order chi connectivity index (χ1) is 15.5. The number of aryl methyl sites for hydroxylation is 2. The maximum atomic E-state index is 13.2. The largest absolute Gasteiger partial charge is 0.379 e. The van der Waals surface area contributed by atoms with Gasteiger partial charge in [-0.2, -0.15) is 10.2 Å². The lowest BCUT2D eigenvalue weighted by molar-refractivity contribution is -0.124. The van der Waals surface area contributed by atoms with Gasteiger partial charge in [0, 0.05) is 19.6 Å². The lowest BCUT2D eigenvalue weighted by Gasteiger charge is -2.26. The zero-order valence-electron chi connectivity index (χ0n) is 18.9. The number of ether oxygens (including phenoxy) is 1. The van der Waals surface area contributed by atoms with Gasteiger partial charge in [-0.15, -0.1) is 0 Å². The highest BCUT2D eigenvalue weighted by atomic mass is 16.5. The molecule has 0 aliphatic carbocycles. The Morgan fingerprint density at radius 2 is 1.88 bits per heavy atom. The molecule has 0 saturated carbocycles. The molecule has 1 amide bonds. The van der Waals surface area contributed by atoms with Crippen molar-refractivity contribution in [2.24, 2.45) is 0 Å². The Balaban J connectivity index is 1.50. The fraction of sp³-hybridized carbons (Fsp3) is 0.478. The molecule has 170 valence electrons. The van der Waals surface area contributed by atoms with Crippen molar-refractivity contribution in [3.8, 4) is 5.69 Å². The molecule has 32 heavy (non-hydrogen) atoms. The number of rotatable bonds is 7. The molecule has 9 nitrogen and oxygen atoms in total. The Hall–Kier alpha value is -3.04. The van der Waals surface area contributed by atoms with Crippen LogP contribution < -0.4 is 10.9 Å². The zero-order valence-corrected chi connectivity index (χ0v) is 18.9. The molecule has 2 aromatic heterocycles. The summed E-state index contributed by atoms with van der Waals surface area (Å²) in [7, 11) is 0. The van der Waals surface area contributed by atoms with Gasteiger partial charge >= 0.3 is 0 Å². The molecule has 1 fully saturated rings. The van der Waals surface area contributed by atoms with E-state index in [-0.39, 0.29) is 11.5 Å². The molecule has 1 aromatic carbocycles. The van der Waals surface area contributed by atoms with Gasteiger partial charge in [0.05, 0.1) is 35.7 Å². The normalized spacial score (nSPS) is 15.7. The summed E-state index contributed by atoms with van der Waals surface area (Å²) in [6.07, 6.45) is 0.847. The van der Waals surface area contributed by atoms with Gasteiger partial charge in [-0.1, -0.05) is 18.2 Å². The quantitative estimate of drug-likeness (QED) is 0.563. The molecular weight excluding hydrogens is 408 g/mol. The highest BCUT2D eigenvalue weighted by Gasteiger charge is 2.23. The number of morpholine rings is 1. The number of nitrogens with one attached hydrogen (secondary N) is 1. The van der Waals surface area contributed by atoms with Crippen LogP contribution in [-0.4, -0.2) is 69.8 Å². The van der Waals surface area contributed by atoms with Gasteiger partial charge in [0.2, 0.25) is 5.91 Å². The maximum absolute atomic E-state index is 13.2. The van der Waals surface area contributed by atoms with E-state index in [9.17, 15) is 9.59 Å². The lowest BCUT2D eigenvalue weighted by Crippen LogP contribution is -2.40. The summed E-state index contributed by atoms with van der Waals surface area (Å²) < 4.78 is 8.35. The second-order valence-electron chi connectivity index (χ2n) is 8.17. The highest BCUT2D eigenvalue weighted by Crippen LogP contribution is 2.21. The summed E-state index contributed by atoms with van der Waals surface area (Å²) in [4.78, 5) is 28.2. The standard InChI is InChI=1S/C23H30N6O3/c1-16-20-17(2)28(19-8-5-4-6-9-19)26-21(20)23(31)29(25-16)18(3)22(30)24-10-7-11-27-12-14-32-15-13-27/h4-6,8-9,18H,7,10-15H2,1-3H3,(H,24,30)/t18-/m1/s1. The number of nitrogens with zero attached hydrogens (tertiary/aromatic N) is 5. The number of hydrogen-bond donors (Lipinski definition) is 1. The van der Waals surface area contributed by atoms with Crippen LogP contribution in [0.2, 0.25) is 0 Å². The minimum atomic E-state index is -0.726. The number of para-hydroxylation sites is 1. The molecule has 3 heterocycles. The van der Waals surface area contributed by atoms with Crippen molar-refractivity contribution >= 4 is 16.8 Å². The summed E-state index contributed by atoms with van der Waals surface area (Å²) in [5.41, 5.74) is 2.36. The van der Waals surface area contributed by atoms with Gasteiger partial charge in [-0.25, -0.2) is 9.36 Å². The molecule has 4 rings (SSSR count). The molecule has 1 aliphatic heterocycles. The van der Waals surface area contributed by atoms with E-state index in [4.69, 9.17) is 4.74 Å². The molecule has 0 unspecified atom stereocenters. The molecule has 1 N–H and O–H groups in total. The van der Waals surface area contributed by atoms with Crippen LogP contribution >= 0.6 is 0 Å². The molecule has 0 radical (unpaired) electrons. The van der Waals surface area contributed by atoms with Crippen LogP contribution in [0.1, 0.15) is 30.8 Å². The predicted octanol–water partition coefficient (Wildman–Crippen LogP) is 1.60. The van der Waals surface area contributed by atoms with Crippen LogP contribution in [0.3, 0.4) is 0 Å². The average Bonchev–Trinajstić information content (AvgIpc) is 3.18. The van der Waals surface area contributed by atoms with E-state index in [1.54, 1.807) is 11.6 Å². The molecule has 3 aromatic rings. The summed E-state index contributed by atoms with van der Waals surface area (Å²) in [6, 6.07) is 8.94. The van der Waals surface area contributed by atoms with Crippen LogP contribution in [0.5, 0.6) is 0 Å². The third kappa shape index (κ3) is 4.44. The van der Waals surface area contributed by atoms with Crippen LogP contribution in [0.15, 0.2) is 35.1 Å². The van der Waals surface area contributed by atoms with Crippen molar-refractivity contribution < 1.29 is 9.53 Å². The second kappa shape index (κ2) is 9.62. The number of carbonyl (C=O) groups is 1. The fourth-order valence-corrected chi connectivity index (χ4v) is 4.13. The van der Waals surface area contributed by atoms with Crippen molar-refractivity contribution in [3.63, 3.8) is 0 Å². The van der Waals surface area contributed by atoms with Gasteiger partial charge in [-0.05, 0) is 45.9 Å². The molecule has 0 spiro atoms. The number of amides is 1. The van der Waals surface area contributed by atoms with Crippen LogP contribution in [0.25, 0.3) is 16.6 Å². The van der Waals surface area contributed by atoms with E-state index < -0.39 is 6.04 Å². The number of hydrogen-bond acceptors (Lipinski definition) is 6. The third-order valence-electron chi connectivity index (χ3n) is 5.95. The zero-order chi connectivity index (χ0) is 22.7. The third-order valence-corrected chi connectivity index (χ3v) is 5.95. The first-order valence-corrected chi connectivity index (χ1v) is 11.1. The smallest absolute Gasteiger partial charge is 0.295 e. The molecule has 0 bridgehead atoms. The summed E-state index contributed by atoms with van der Waals surface area (Å²) in [5, 5.41) is 12.7. The van der Waals surface area contributed by atoms with Crippen molar-refractivity contribution in [2.45, 2.75) is 33.2 Å². The maximum Gasteiger partial charge on any atom is 0.295 e. The molecular formula is C23H30N6O3. The van der Waals surface area contributed by atoms with Crippen molar-refractivity contribution in [1.29, 1.82) is 0 Å². The van der Waals surface area contributed by atoms with Gasteiger partial charge in [0.1, 0.15) is 6.04 Å². The van der Waals surface area contributed by atoms with E-state index in [0.29, 0.717) is 17.8 Å². The fourth-order valence-electron chi connectivity index (χ4n) is 4.13. The Bertz CT molecular complexity index is 1150. The Morgan fingerprint density at radius 1 is 1.16 bits per heavy atom. The van der Waals surface area contributed by atoms with Gasteiger partial charge < -0.3 is 10.1 Å². The molecule has 1 aliphatic rings. The number of benzene rings is 1. The average molecular weight is 439 g/mol. The van der Waals surface area contributed by atoms with Crippen molar-refractivity contribution in [1.82, 2.24) is 29.8 Å². The number of fused-ring (bicyclic) bond motifs is 1. The summed E-state index contributed by atoms with van der Waals surface area (Å²) in [6.45, 7) is 10.3. The topological polar surface area (TPSA) is 94.3 Å². The summed E-state index contributed by atoms with van der Waals surface area (Å²) >= 11 is 0. The van der Waals surface area contributed by atoms with Gasteiger partial charge in [0.25, 0.3) is 5.56 Å². The first-order valence-electron chi connectivity index (χ1n) is 11.1. The summed E-state index contributed by atoms with van der Waals surface area (Å²) in [5.74, 6) is -0.223. The molecule has 1 atom stereocenters. The molecule has 1 saturated heterocycles. The van der Waals surface area contributed by atoms with Crippen LogP contribution in [-0.2, 0) is 9.53 Å². The Kier molecular flexibility index (Phi) is 6.66. The van der Waals surface area contributed by atoms with Crippen LogP contribution in [0.4, 0.5) is 0 Å². The lowest BCUT2D eigenvalue weighted by atomic mass is 10.2.